The SMILES string of the molecule is c1ccc(-c2cccc(N(c3ccc(-c4cccc5c4oc4ccccc45)cc3)c3cccc4ccc5c6ccc(-c7ccccc7)cc6sc5c34)c2)cc1. The Balaban J connectivity index is 1.11. The molecular formula is C52H33NOS. The van der Waals surface area contributed by atoms with Gasteiger partial charge in [-0.05, 0) is 75.7 Å². The molecule has 2 heterocycles. The Morgan fingerprint density at radius 3 is 1.87 bits per heavy atom. The number of hydrogen-bond acceptors (Lipinski definition) is 3. The zero-order valence-corrected chi connectivity index (χ0v) is 30.6. The first-order chi connectivity index (χ1) is 27.3. The van der Waals surface area contributed by atoms with Crippen LogP contribution in [0, 0.1) is 0 Å². The van der Waals surface area contributed by atoms with Crippen LogP contribution in [0.2, 0.25) is 0 Å². The highest BCUT2D eigenvalue weighted by Crippen LogP contribution is 2.47. The molecule has 258 valence electrons. The van der Waals surface area contributed by atoms with Crippen LogP contribution in [0.25, 0.3) is 86.3 Å². The third kappa shape index (κ3) is 5.32. The van der Waals surface area contributed by atoms with Crippen molar-refractivity contribution in [1.82, 2.24) is 0 Å². The van der Waals surface area contributed by atoms with Crippen LogP contribution < -0.4 is 4.90 Å². The minimum Gasteiger partial charge on any atom is -0.455 e. The average molecular weight is 720 g/mol. The van der Waals surface area contributed by atoms with Crippen molar-refractivity contribution >= 4 is 81.3 Å². The van der Waals surface area contributed by atoms with E-state index in [0.717, 1.165) is 50.1 Å². The minimum absolute atomic E-state index is 0.908. The van der Waals surface area contributed by atoms with Crippen molar-refractivity contribution < 1.29 is 4.42 Å². The summed E-state index contributed by atoms with van der Waals surface area (Å²) in [5.74, 6) is 0. The molecule has 2 nitrogen and oxygen atoms in total. The molecule has 9 aromatic carbocycles. The predicted molar refractivity (Wildman–Crippen MR) is 235 cm³/mol. The number of thiophene rings is 1. The first-order valence-corrected chi connectivity index (χ1v) is 19.5. The van der Waals surface area contributed by atoms with Gasteiger partial charge in [0.05, 0.1) is 5.69 Å². The van der Waals surface area contributed by atoms with Gasteiger partial charge in [-0.3, -0.25) is 0 Å². The molecule has 0 bridgehead atoms. The molecular weight excluding hydrogens is 687 g/mol. The molecule has 11 rings (SSSR count). The van der Waals surface area contributed by atoms with Crippen molar-refractivity contribution in [2.75, 3.05) is 4.90 Å². The molecule has 0 fully saturated rings. The number of benzene rings is 9. The van der Waals surface area contributed by atoms with Crippen LogP contribution in [0.3, 0.4) is 0 Å². The molecule has 0 N–H and O–H groups in total. The van der Waals surface area contributed by atoms with Crippen LogP contribution in [0.1, 0.15) is 0 Å². The molecule has 0 spiro atoms. The second-order valence-electron chi connectivity index (χ2n) is 14.1. The van der Waals surface area contributed by atoms with Gasteiger partial charge in [0, 0.05) is 53.3 Å². The molecule has 0 radical (unpaired) electrons. The van der Waals surface area contributed by atoms with Crippen molar-refractivity contribution in [2.45, 2.75) is 0 Å². The van der Waals surface area contributed by atoms with Gasteiger partial charge in [-0.15, -0.1) is 11.3 Å². The van der Waals surface area contributed by atoms with E-state index >= 15 is 0 Å². The summed E-state index contributed by atoms with van der Waals surface area (Å²) in [6, 6.07) is 72.1. The van der Waals surface area contributed by atoms with Gasteiger partial charge in [-0.1, -0.05) is 158 Å². The summed E-state index contributed by atoms with van der Waals surface area (Å²) in [6.07, 6.45) is 0. The molecule has 0 saturated heterocycles. The van der Waals surface area contributed by atoms with Crippen LogP contribution in [-0.4, -0.2) is 0 Å². The Morgan fingerprint density at radius 1 is 0.400 bits per heavy atom. The number of rotatable bonds is 6. The zero-order valence-electron chi connectivity index (χ0n) is 29.8. The largest absolute Gasteiger partial charge is 0.455 e. The average Bonchev–Trinajstić information content (AvgIpc) is 3.83. The predicted octanol–water partition coefficient (Wildman–Crippen LogP) is 15.6. The number of fused-ring (bicyclic) bond motifs is 8. The van der Waals surface area contributed by atoms with Crippen molar-refractivity contribution in [2.24, 2.45) is 0 Å². The Bertz CT molecular complexity index is 3190. The van der Waals surface area contributed by atoms with Gasteiger partial charge < -0.3 is 9.32 Å². The lowest BCUT2D eigenvalue weighted by Gasteiger charge is -2.28. The van der Waals surface area contributed by atoms with E-state index in [9.17, 15) is 0 Å². The molecule has 3 heteroatoms. The minimum atomic E-state index is 0.908. The molecule has 0 atom stereocenters. The van der Waals surface area contributed by atoms with E-state index in [2.05, 4.69) is 193 Å². The van der Waals surface area contributed by atoms with E-state index < -0.39 is 0 Å². The Kier molecular flexibility index (Phi) is 7.39. The van der Waals surface area contributed by atoms with Crippen molar-refractivity contribution in [1.29, 1.82) is 0 Å². The highest BCUT2D eigenvalue weighted by molar-refractivity contribution is 7.26. The smallest absolute Gasteiger partial charge is 0.143 e. The quantitative estimate of drug-likeness (QED) is 0.170. The molecule has 0 aliphatic rings. The number of hydrogen-bond donors (Lipinski definition) is 0. The number of anilines is 3. The fourth-order valence-electron chi connectivity index (χ4n) is 8.23. The van der Waals surface area contributed by atoms with Crippen LogP contribution in [0.4, 0.5) is 17.1 Å². The van der Waals surface area contributed by atoms with Gasteiger partial charge in [-0.2, -0.15) is 0 Å². The topological polar surface area (TPSA) is 16.4 Å². The Labute approximate surface area is 322 Å². The van der Waals surface area contributed by atoms with Crippen molar-refractivity contribution in [3.63, 3.8) is 0 Å². The highest BCUT2D eigenvalue weighted by atomic mass is 32.1. The summed E-state index contributed by atoms with van der Waals surface area (Å²) < 4.78 is 9.04. The van der Waals surface area contributed by atoms with E-state index in [0.29, 0.717) is 0 Å². The number of furan rings is 1. The molecule has 0 unspecified atom stereocenters. The van der Waals surface area contributed by atoms with Crippen molar-refractivity contribution in [3.05, 3.63) is 200 Å². The maximum absolute atomic E-state index is 6.45. The Hall–Kier alpha value is -6.94. The summed E-state index contributed by atoms with van der Waals surface area (Å²) in [7, 11) is 0. The fraction of sp³-hybridized carbons (Fsp3) is 0. The second kappa shape index (κ2) is 12.9. The zero-order chi connectivity index (χ0) is 36.3. The third-order valence-electron chi connectivity index (χ3n) is 10.9. The van der Waals surface area contributed by atoms with Gasteiger partial charge >= 0.3 is 0 Å². The Morgan fingerprint density at radius 2 is 1.05 bits per heavy atom. The summed E-state index contributed by atoms with van der Waals surface area (Å²) in [6.45, 7) is 0. The lowest BCUT2D eigenvalue weighted by molar-refractivity contribution is 0.670. The van der Waals surface area contributed by atoms with Crippen LogP contribution >= 0.6 is 11.3 Å². The van der Waals surface area contributed by atoms with Crippen LogP contribution in [0.5, 0.6) is 0 Å². The second-order valence-corrected chi connectivity index (χ2v) is 15.1. The lowest BCUT2D eigenvalue weighted by Crippen LogP contribution is -2.10. The van der Waals surface area contributed by atoms with Gasteiger partial charge in [0.15, 0.2) is 0 Å². The molecule has 0 amide bonds. The van der Waals surface area contributed by atoms with Gasteiger partial charge in [0.2, 0.25) is 0 Å². The molecule has 0 aliphatic carbocycles. The van der Waals surface area contributed by atoms with E-state index in [1.807, 2.05) is 23.5 Å². The van der Waals surface area contributed by atoms with Gasteiger partial charge in [0.25, 0.3) is 0 Å². The maximum atomic E-state index is 6.45. The molecule has 55 heavy (non-hydrogen) atoms. The van der Waals surface area contributed by atoms with E-state index in [1.54, 1.807) is 0 Å². The van der Waals surface area contributed by atoms with Gasteiger partial charge in [0.1, 0.15) is 11.2 Å². The molecule has 2 aromatic heterocycles. The standard InChI is InChI=1S/C52H33NOS/c1-3-12-34(13-4-1)38-17-9-18-41(32-38)53(40-28-24-36(25-29-40)42-20-11-21-45-43-19-7-8-23-48(43)54-51(42)45)47-22-10-16-37-26-31-46-44-30-27-39(35-14-5-2-6-15-35)33-49(44)55-52(46)50(37)47/h1-33H. The first-order valence-electron chi connectivity index (χ1n) is 18.7. The fourth-order valence-corrected chi connectivity index (χ4v) is 9.53. The number of para-hydroxylation sites is 2. The molecule has 0 saturated carbocycles. The maximum Gasteiger partial charge on any atom is 0.143 e. The third-order valence-corrected chi connectivity index (χ3v) is 12.0. The van der Waals surface area contributed by atoms with E-state index in [4.69, 9.17) is 4.42 Å². The number of nitrogens with zero attached hydrogens (tertiary/aromatic N) is 1. The summed E-state index contributed by atoms with van der Waals surface area (Å²) in [5.41, 5.74) is 12.2. The summed E-state index contributed by atoms with van der Waals surface area (Å²) in [4.78, 5) is 2.43. The van der Waals surface area contributed by atoms with E-state index in [-0.39, 0.29) is 0 Å². The van der Waals surface area contributed by atoms with Crippen molar-refractivity contribution in [3.8, 4) is 33.4 Å². The molecule has 0 aliphatic heterocycles. The first kappa shape index (κ1) is 31.6. The molecule has 11 aromatic rings. The normalized spacial score (nSPS) is 11.6. The van der Waals surface area contributed by atoms with Crippen LogP contribution in [0.15, 0.2) is 205 Å². The van der Waals surface area contributed by atoms with Gasteiger partial charge in [-0.25, -0.2) is 0 Å². The monoisotopic (exact) mass is 719 g/mol. The van der Waals surface area contributed by atoms with E-state index in [1.165, 1.54) is 53.2 Å². The lowest BCUT2D eigenvalue weighted by atomic mass is 9.99. The van der Waals surface area contributed by atoms with Crippen LogP contribution in [-0.2, 0) is 0 Å². The summed E-state index contributed by atoms with van der Waals surface area (Å²) in [5, 5.41) is 7.32. The summed E-state index contributed by atoms with van der Waals surface area (Å²) >= 11 is 1.89. The highest BCUT2D eigenvalue weighted by Gasteiger charge is 2.20.